The zero-order valence-electron chi connectivity index (χ0n) is 8.91. The summed E-state index contributed by atoms with van der Waals surface area (Å²) in [5.74, 6) is 0.654. The molecular weight excluding hydrogens is 162 g/mol. The van der Waals surface area contributed by atoms with Crippen LogP contribution in [0.2, 0.25) is 0 Å². The van der Waals surface area contributed by atoms with Crippen molar-refractivity contribution in [2.45, 2.75) is 33.2 Å². The van der Waals surface area contributed by atoms with Crippen LogP contribution in [-0.2, 0) is 13.5 Å². The monoisotopic (exact) mass is 181 g/mol. The first-order chi connectivity index (χ1) is 6.02. The standard InChI is InChI=1S/C10H19N3/c1-7(2)5-9-6-12-13(4)10(9)8(3)11/h6-8H,5,11H2,1-4H3. The lowest BCUT2D eigenvalue weighted by atomic mass is 10.0. The zero-order chi connectivity index (χ0) is 10.0. The maximum Gasteiger partial charge on any atom is 0.0577 e. The minimum absolute atomic E-state index is 0.0706. The Morgan fingerprint density at radius 3 is 2.54 bits per heavy atom. The first-order valence-electron chi connectivity index (χ1n) is 4.78. The van der Waals surface area contributed by atoms with Gasteiger partial charge >= 0.3 is 0 Å². The Bertz CT molecular complexity index is 274. The Kier molecular flexibility index (Phi) is 3.09. The Labute approximate surface area is 79.9 Å². The molecule has 1 heterocycles. The van der Waals surface area contributed by atoms with Gasteiger partial charge < -0.3 is 5.73 Å². The highest BCUT2D eigenvalue weighted by Gasteiger charge is 2.12. The van der Waals surface area contributed by atoms with Crippen LogP contribution in [0.3, 0.4) is 0 Å². The normalized spacial score (nSPS) is 13.7. The second-order valence-electron chi connectivity index (χ2n) is 4.07. The quantitative estimate of drug-likeness (QED) is 0.770. The molecule has 1 rings (SSSR count). The van der Waals surface area contributed by atoms with E-state index in [1.165, 1.54) is 5.56 Å². The number of aromatic nitrogens is 2. The summed E-state index contributed by atoms with van der Waals surface area (Å²) in [5, 5.41) is 4.23. The predicted octanol–water partition coefficient (Wildman–Crippen LogP) is 1.64. The molecule has 0 radical (unpaired) electrons. The van der Waals surface area contributed by atoms with Crippen molar-refractivity contribution in [3.05, 3.63) is 17.5 Å². The molecule has 0 aliphatic carbocycles. The fourth-order valence-corrected chi connectivity index (χ4v) is 1.68. The SMILES string of the molecule is CC(C)Cc1cnn(C)c1C(C)N. The molecule has 0 aliphatic rings. The molecule has 1 aromatic rings. The van der Waals surface area contributed by atoms with Crippen molar-refractivity contribution in [1.82, 2.24) is 9.78 Å². The van der Waals surface area contributed by atoms with Crippen molar-refractivity contribution in [2.24, 2.45) is 18.7 Å². The predicted molar refractivity (Wildman–Crippen MR) is 54.4 cm³/mol. The molecule has 1 aromatic heterocycles. The van der Waals surface area contributed by atoms with Gasteiger partial charge in [0, 0.05) is 13.1 Å². The average molecular weight is 181 g/mol. The van der Waals surface area contributed by atoms with Crippen molar-refractivity contribution in [3.63, 3.8) is 0 Å². The molecule has 74 valence electrons. The van der Waals surface area contributed by atoms with Gasteiger partial charge in [0.15, 0.2) is 0 Å². The first kappa shape index (κ1) is 10.3. The summed E-state index contributed by atoms with van der Waals surface area (Å²) in [7, 11) is 1.95. The molecule has 0 bridgehead atoms. The average Bonchev–Trinajstić information content (AvgIpc) is 2.30. The minimum Gasteiger partial charge on any atom is -0.323 e. The zero-order valence-corrected chi connectivity index (χ0v) is 8.91. The Balaban J connectivity index is 2.94. The second-order valence-corrected chi connectivity index (χ2v) is 4.07. The summed E-state index contributed by atoms with van der Waals surface area (Å²) in [6.07, 6.45) is 2.99. The fourth-order valence-electron chi connectivity index (χ4n) is 1.68. The lowest BCUT2D eigenvalue weighted by Gasteiger charge is -2.10. The Morgan fingerprint density at radius 1 is 1.46 bits per heavy atom. The van der Waals surface area contributed by atoms with Crippen molar-refractivity contribution >= 4 is 0 Å². The van der Waals surface area contributed by atoms with Crippen LogP contribution >= 0.6 is 0 Å². The van der Waals surface area contributed by atoms with E-state index in [1.54, 1.807) is 0 Å². The highest BCUT2D eigenvalue weighted by atomic mass is 15.3. The molecule has 13 heavy (non-hydrogen) atoms. The molecule has 3 nitrogen and oxygen atoms in total. The van der Waals surface area contributed by atoms with Gasteiger partial charge in [-0.15, -0.1) is 0 Å². The smallest absolute Gasteiger partial charge is 0.0577 e. The minimum atomic E-state index is 0.0706. The molecule has 0 fully saturated rings. The molecule has 1 unspecified atom stereocenters. The van der Waals surface area contributed by atoms with E-state index in [0.29, 0.717) is 5.92 Å². The summed E-state index contributed by atoms with van der Waals surface area (Å²) < 4.78 is 1.88. The maximum absolute atomic E-state index is 5.87. The van der Waals surface area contributed by atoms with Gasteiger partial charge in [0.2, 0.25) is 0 Å². The maximum atomic E-state index is 5.87. The van der Waals surface area contributed by atoms with Crippen molar-refractivity contribution in [2.75, 3.05) is 0 Å². The third kappa shape index (κ3) is 2.31. The number of rotatable bonds is 3. The molecule has 1 atom stereocenters. The Hall–Kier alpha value is -0.830. The number of hydrogen-bond acceptors (Lipinski definition) is 2. The van der Waals surface area contributed by atoms with Gasteiger partial charge in [0.1, 0.15) is 0 Å². The summed E-state index contributed by atoms with van der Waals surface area (Å²) in [6.45, 7) is 6.41. The Morgan fingerprint density at radius 2 is 2.08 bits per heavy atom. The molecular formula is C10H19N3. The van der Waals surface area contributed by atoms with E-state index in [1.807, 2.05) is 24.9 Å². The molecule has 0 amide bonds. The van der Waals surface area contributed by atoms with Crippen LogP contribution in [0.5, 0.6) is 0 Å². The van der Waals surface area contributed by atoms with Crippen LogP contribution in [0.15, 0.2) is 6.20 Å². The third-order valence-corrected chi connectivity index (χ3v) is 2.12. The first-order valence-corrected chi connectivity index (χ1v) is 4.78. The van der Waals surface area contributed by atoms with Gasteiger partial charge in [0.05, 0.1) is 11.9 Å². The molecule has 0 aromatic carbocycles. The van der Waals surface area contributed by atoms with E-state index in [4.69, 9.17) is 5.73 Å². The largest absolute Gasteiger partial charge is 0.323 e. The molecule has 0 aliphatic heterocycles. The van der Waals surface area contributed by atoms with Crippen LogP contribution in [-0.4, -0.2) is 9.78 Å². The summed E-state index contributed by atoms with van der Waals surface area (Å²) in [6, 6.07) is 0.0706. The highest BCUT2D eigenvalue weighted by Crippen LogP contribution is 2.17. The van der Waals surface area contributed by atoms with Crippen molar-refractivity contribution < 1.29 is 0 Å². The molecule has 0 saturated carbocycles. The van der Waals surface area contributed by atoms with Crippen LogP contribution in [0, 0.1) is 5.92 Å². The van der Waals surface area contributed by atoms with Gasteiger partial charge in [-0.3, -0.25) is 4.68 Å². The number of aryl methyl sites for hydroxylation is 1. The molecule has 0 spiro atoms. The lowest BCUT2D eigenvalue weighted by Crippen LogP contribution is -2.13. The van der Waals surface area contributed by atoms with Gasteiger partial charge in [-0.25, -0.2) is 0 Å². The van der Waals surface area contributed by atoms with Crippen molar-refractivity contribution in [1.29, 1.82) is 0 Å². The molecule has 3 heteroatoms. The second kappa shape index (κ2) is 3.92. The summed E-state index contributed by atoms with van der Waals surface area (Å²) >= 11 is 0. The molecule has 2 N–H and O–H groups in total. The van der Waals surface area contributed by atoms with E-state index in [-0.39, 0.29) is 6.04 Å². The van der Waals surface area contributed by atoms with E-state index < -0.39 is 0 Å². The number of nitrogens with two attached hydrogens (primary N) is 1. The van der Waals surface area contributed by atoms with Crippen LogP contribution < -0.4 is 5.73 Å². The van der Waals surface area contributed by atoms with E-state index in [9.17, 15) is 0 Å². The van der Waals surface area contributed by atoms with Gasteiger partial charge in [0.25, 0.3) is 0 Å². The van der Waals surface area contributed by atoms with E-state index in [0.717, 1.165) is 12.1 Å². The van der Waals surface area contributed by atoms with Gasteiger partial charge in [-0.05, 0) is 24.8 Å². The number of hydrogen-bond donors (Lipinski definition) is 1. The van der Waals surface area contributed by atoms with Crippen molar-refractivity contribution in [3.8, 4) is 0 Å². The van der Waals surface area contributed by atoms with Crippen LogP contribution in [0.25, 0.3) is 0 Å². The van der Waals surface area contributed by atoms with E-state index in [2.05, 4.69) is 18.9 Å². The van der Waals surface area contributed by atoms with Gasteiger partial charge in [-0.1, -0.05) is 13.8 Å². The van der Waals surface area contributed by atoms with E-state index >= 15 is 0 Å². The summed E-state index contributed by atoms with van der Waals surface area (Å²) in [4.78, 5) is 0. The third-order valence-electron chi connectivity index (χ3n) is 2.12. The topological polar surface area (TPSA) is 43.8 Å². The molecule has 0 saturated heterocycles. The van der Waals surface area contributed by atoms with Gasteiger partial charge in [-0.2, -0.15) is 5.10 Å². The van der Waals surface area contributed by atoms with Crippen LogP contribution in [0.4, 0.5) is 0 Å². The fraction of sp³-hybridized carbons (Fsp3) is 0.700. The number of nitrogens with zero attached hydrogens (tertiary/aromatic N) is 2. The summed E-state index contributed by atoms with van der Waals surface area (Å²) in [5.41, 5.74) is 8.32. The highest BCUT2D eigenvalue weighted by molar-refractivity contribution is 5.20. The van der Waals surface area contributed by atoms with Crippen LogP contribution in [0.1, 0.15) is 38.1 Å². The lowest BCUT2D eigenvalue weighted by molar-refractivity contribution is 0.615.